The number of carbonyl (C=O) groups is 1. The summed E-state index contributed by atoms with van der Waals surface area (Å²) in [5, 5.41) is 12.2. The second-order valence-corrected chi connectivity index (χ2v) is 11.8. The second-order valence-electron chi connectivity index (χ2n) is 7.92. The Balaban J connectivity index is 1.61. The summed E-state index contributed by atoms with van der Waals surface area (Å²) in [6, 6.07) is 8.56. The first kappa shape index (κ1) is 24.3. The van der Waals surface area contributed by atoms with E-state index in [1.807, 2.05) is 0 Å². The van der Waals surface area contributed by atoms with Crippen LogP contribution in [0.2, 0.25) is 10.0 Å². The number of nitro benzene ring substituents is 1. The van der Waals surface area contributed by atoms with Gasteiger partial charge in [-0.1, -0.05) is 41.4 Å². The van der Waals surface area contributed by atoms with Crippen molar-refractivity contribution in [1.29, 1.82) is 0 Å². The standard InChI is InChI=1S/C21H21Cl2N3O5S2/c22-15-4-6-17(23)19(12-15)32-18-7-5-16(26(28)29)13-20(18)33(30,31)25-10-8-24(9-11-25)21(27)14-2-1-3-14/h4-7,12-14H,1-3,8-11H2. The average molecular weight is 530 g/mol. The van der Waals surface area contributed by atoms with Crippen molar-refractivity contribution in [1.82, 2.24) is 9.21 Å². The molecule has 0 spiro atoms. The maximum absolute atomic E-state index is 13.5. The molecule has 0 radical (unpaired) electrons. The van der Waals surface area contributed by atoms with Crippen LogP contribution in [-0.4, -0.2) is 54.6 Å². The molecule has 2 aromatic carbocycles. The summed E-state index contributed by atoms with van der Waals surface area (Å²) < 4.78 is 28.3. The predicted molar refractivity (Wildman–Crippen MR) is 126 cm³/mol. The van der Waals surface area contributed by atoms with Crippen LogP contribution in [0.1, 0.15) is 19.3 Å². The van der Waals surface area contributed by atoms with E-state index in [0.29, 0.717) is 32.9 Å². The first-order chi connectivity index (χ1) is 15.7. The van der Waals surface area contributed by atoms with Gasteiger partial charge in [0.25, 0.3) is 5.69 Å². The topological polar surface area (TPSA) is 101 Å². The van der Waals surface area contributed by atoms with Crippen LogP contribution < -0.4 is 0 Å². The highest BCUT2D eigenvalue weighted by molar-refractivity contribution is 8.00. The highest BCUT2D eigenvalue weighted by Gasteiger charge is 2.36. The van der Waals surface area contributed by atoms with Gasteiger partial charge < -0.3 is 4.90 Å². The zero-order valence-electron chi connectivity index (χ0n) is 17.4. The lowest BCUT2D eigenvalue weighted by Gasteiger charge is -2.37. The molecule has 1 saturated heterocycles. The summed E-state index contributed by atoms with van der Waals surface area (Å²) in [7, 11) is -4.06. The fraction of sp³-hybridized carbons (Fsp3) is 0.381. The minimum absolute atomic E-state index is 0.0513. The van der Waals surface area contributed by atoms with Crippen LogP contribution in [0.5, 0.6) is 0 Å². The van der Waals surface area contributed by atoms with Crippen molar-refractivity contribution in [3.05, 3.63) is 56.6 Å². The fourth-order valence-electron chi connectivity index (χ4n) is 3.77. The number of non-ortho nitro benzene ring substituents is 1. The number of hydrogen-bond acceptors (Lipinski definition) is 6. The Hall–Kier alpha value is -1.85. The number of nitrogens with zero attached hydrogens (tertiary/aromatic N) is 3. The van der Waals surface area contributed by atoms with E-state index in [9.17, 15) is 23.3 Å². The van der Waals surface area contributed by atoms with Crippen LogP contribution in [0.3, 0.4) is 0 Å². The lowest BCUT2D eigenvalue weighted by atomic mass is 9.84. The molecular formula is C21H21Cl2N3O5S2. The maximum atomic E-state index is 13.5. The minimum Gasteiger partial charge on any atom is -0.340 e. The number of nitro groups is 1. The van der Waals surface area contributed by atoms with Crippen molar-refractivity contribution < 1.29 is 18.1 Å². The van der Waals surface area contributed by atoms with E-state index < -0.39 is 14.9 Å². The first-order valence-corrected chi connectivity index (χ1v) is 13.4. The van der Waals surface area contributed by atoms with E-state index in [4.69, 9.17) is 23.2 Å². The molecule has 4 rings (SSSR count). The SMILES string of the molecule is O=C(C1CCC1)N1CCN(S(=O)(=O)c2cc([N+](=O)[O-])ccc2Sc2cc(Cl)ccc2Cl)CC1. The van der Waals surface area contributed by atoms with Crippen molar-refractivity contribution in [3.8, 4) is 0 Å². The maximum Gasteiger partial charge on any atom is 0.270 e. The molecule has 1 amide bonds. The van der Waals surface area contributed by atoms with Crippen LogP contribution in [0.25, 0.3) is 0 Å². The molecule has 1 heterocycles. The van der Waals surface area contributed by atoms with E-state index >= 15 is 0 Å². The molecule has 0 unspecified atom stereocenters. The molecule has 2 fully saturated rings. The van der Waals surface area contributed by atoms with E-state index in [1.165, 1.54) is 16.4 Å². The lowest BCUT2D eigenvalue weighted by molar-refractivity contribution is -0.385. The third kappa shape index (κ3) is 5.14. The summed E-state index contributed by atoms with van der Waals surface area (Å²) in [5.74, 6) is 0.135. The van der Waals surface area contributed by atoms with Crippen molar-refractivity contribution in [2.45, 2.75) is 33.9 Å². The zero-order valence-corrected chi connectivity index (χ0v) is 20.6. The van der Waals surface area contributed by atoms with E-state index in [2.05, 4.69) is 0 Å². The highest BCUT2D eigenvalue weighted by Crippen LogP contribution is 2.40. The molecule has 1 saturated carbocycles. The predicted octanol–water partition coefficient (Wildman–Crippen LogP) is 4.69. The van der Waals surface area contributed by atoms with Gasteiger partial charge in [-0.05, 0) is 37.1 Å². The lowest BCUT2D eigenvalue weighted by Crippen LogP contribution is -2.52. The number of piperazine rings is 1. The van der Waals surface area contributed by atoms with Crippen molar-refractivity contribution in [2.24, 2.45) is 5.92 Å². The Bertz CT molecular complexity index is 1200. The van der Waals surface area contributed by atoms with E-state index in [0.717, 1.165) is 37.1 Å². The molecule has 2 aromatic rings. The van der Waals surface area contributed by atoms with Gasteiger partial charge in [-0.3, -0.25) is 14.9 Å². The highest BCUT2D eigenvalue weighted by atomic mass is 35.5. The number of carbonyl (C=O) groups excluding carboxylic acids is 1. The summed E-state index contributed by atoms with van der Waals surface area (Å²) >= 11 is 13.4. The van der Waals surface area contributed by atoms with Crippen molar-refractivity contribution in [2.75, 3.05) is 26.2 Å². The summed E-state index contributed by atoms with van der Waals surface area (Å²) in [6.07, 6.45) is 2.82. The second kappa shape index (κ2) is 9.79. The number of halogens is 2. The van der Waals surface area contributed by atoms with Crippen LogP contribution in [0.4, 0.5) is 5.69 Å². The van der Waals surface area contributed by atoms with Gasteiger partial charge in [0, 0.05) is 59.0 Å². The van der Waals surface area contributed by atoms with Gasteiger partial charge in [0.15, 0.2) is 0 Å². The summed E-state index contributed by atoms with van der Waals surface area (Å²) in [4.78, 5) is 25.6. The van der Waals surface area contributed by atoms with Gasteiger partial charge in [-0.15, -0.1) is 0 Å². The molecule has 1 aliphatic carbocycles. The Morgan fingerprint density at radius 2 is 1.73 bits per heavy atom. The van der Waals surface area contributed by atoms with Crippen LogP contribution in [0, 0.1) is 16.0 Å². The largest absolute Gasteiger partial charge is 0.340 e. The zero-order chi connectivity index (χ0) is 23.8. The van der Waals surface area contributed by atoms with Gasteiger partial charge in [-0.2, -0.15) is 4.31 Å². The van der Waals surface area contributed by atoms with Crippen molar-refractivity contribution in [3.63, 3.8) is 0 Å². The van der Waals surface area contributed by atoms with Gasteiger partial charge >= 0.3 is 0 Å². The number of amides is 1. The van der Waals surface area contributed by atoms with Crippen LogP contribution in [-0.2, 0) is 14.8 Å². The first-order valence-electron chi connectivity index (χ1n) is 10.4. The van der Waals surface area contributed by atoms with Crippen molar-refractivity contribution >= 4 is 56.6 Å². The Labute approximate surface area is 206 Å². The number of sulfonamides is 1. The van der Waals surface area contributed by atoms with Gasteiger partial charge in [-0.25, -0.2) is 8.42 Å². The smallest absolute Gasteiger partial charge is 0.270 e. The Kier molecular flexibility index (Phi) is 7.20. The molecule has 33 heavy (non-hydrogen) atoms. The van der Waals surface area contributed by atoms with Crippen LogP contribution >= 0.6 is 35.0 Å². The monoisotopic (exact) mass is 529 g/mol. The van der Waals surface area contributed by atoms with E-state index in [1.54, 1.807) is 23.1 Å². The molecular weight excluding hydrogens is 509 g/mol. The number of hydrogen-bond donors (Lipinski definition) is 0. The quantitative estimate of drug-likeness (QED) is 0.397. The van der Waals surface area contributed by atoms with Crippen LogP contribution in [0.15, 0.2) is 51.1 Å². The molecule has 0 aromatic heterocycles. The van der Waals surface area contributed by atoms with Gasteiger partial charge in [0.05, 0.1) is 9.95 Å². The summed E-state index contributed by atoms with van der Waals surface area (Å²) in [6.45, 7) is 0.856. The molecule has 176 valence electrons. The normalized spacial score (nSPS) is 17.6. The summed E-state index contributed by atoms with van der Waals surface area (Å²) in [5.41, 5.74) is -0.325. The molecule has 0 N–H and O–H groups in total. The Morgan fingerprint density at radius 1 is 1.03 bits per heavy atom. The third-order valence-electron chi connectivity index (χ3n) is 5.87. The molecule has 8 nitrogen and oxygen atoms in total. The Morgan fingerprint density at radius 3 is 2.33 bits per heavy atom. The molecule has 12 heteroatoms. The average Bonchev–Trinajstić information content (AvgIpc) is 2.75. The minimum atomic E-state index is -4.06. The third-order valence-corrected chi connectivity index (χ3v) is 9.75. The molecule has 2 aliphatic rings. The number of rotatable bonds is 6. The molecule has 1 aliphatic heterocycles. The fourth-order valence-corrected chi connectivity index (χ4v) is 7.08. The van der Waals surface area contributed by atoms with E-state index in [-0.39, 0.29) is 35.5 Å². The number of benzene rings is 2. The molecule has 0 atom stereocenters. The molecule has 0 bridgehead atoms. The van der Waals surface area contributed by atoms with Gasteiger partial charge in [0.1, 0.15) is 4.90 Å². The van der Waals surface area contributed by atoms with Gasteiger partial charge in [0.2, 0.25) is 15.9 Å².